The van der Waals surface area contributed by atoms with E-state index in [0.29, 0.717) is 24.1 Å². The standard InChI is InChI=1S/C20H28N4O3S2/c1-3-16(4-2)19-22-23-20(28-19)21-18(25)14-15-8-10-17(11-9-15)29(26,27)24-12-6-5-7-13-24/h8-11,16H,3-7,12-14H2,1-2H3,(H,21,23,25). The van der Waals surface area contributed by atoms with E-state index in [1.807, 2.05) is 0 Å². The topological polar surface area (TPSA) is 92.3 Å². The van der Waals surface area contributed by atoms with Crippen molar-refractivity contribution in [2.75, 3.05) is 18.4 Å². The van der Waals surface area contributed by atoms with Crippen LogP contribution in [0.3, 0.4) is 0 Å². The van der Waals surface area contributed by atoms with E-state index in [0.717, 1.165) is 42.7 Å². The highest BCUT2D eigenvalue weighted by molar-refractivity contribution is 7.89. The van der Waals surface area contributed by atoms with E-state index < -0.39 is 10.0 Å². The molecule has 2 heterocycles. The minimum absolute atomic E-state index is 0.157. The third-order valence-corrected chi connectivity index (χ3v) is 8.18. The zero-order valence-electron chi connectivity index (χ0n) is 16.9. The van der Waals surface area contributed by atoms with Crippen LogP contribution in [-0.4, -0.2) is 41.9 Å². The van der Waals surface area contributed by atoms with Gasteiger partial charge in [-0.3, -0.25) is 4.79 Å². The van der Waals surface area contributed by atoms with Crippen LogP contribution in [-0.2, 0) is 21.2 Å². The number of anilines is 1. The monoisotopic (exact) mass is 436 g/mol. The Balaban J connectivity index is 1.60. The number of sulfonamides is 1. The van der Waals surface area contributed by atoms with Gasteiger partial charge in [0.15, 0.2) is 0 Å². The SMILES string of the molecule is CCC(CC)c1nnc(NC(=O)Cc2ccc(S(=O)(=O)N3CCCCC3)cc2)s1. The second kappa shape index (κ2) is 9.77. The maximum absolute atomic E-state index is 12.7. The van der Waals surface area contributed by atoms with Gasteiger partial charge in [0.05, 0.1) is 11.3 Å². The van der Waals surface area contributed by atoms with E-state index in [4.69, 9.17) is 0 Å². The molecule has 0 bridgehead atoms. The van der Waals surface area contributed by atoms with Crippen LogP contribution in [0.1, 0.15) is 62.4 Å². The number of carbonyl (C=O) groups excluding carboxylic acids is 1. The Hall–Kier alpha value is -1.84. The summed E-state index contributed by atoms with van der Waals surface area (Å²) in [6.07, 6.45) is 5.03. The first-order valence-electron chi connectivity index (χ1n) is 10.2. The molecule has 0 atom stereocenters. The van der Waals surface area contributed by atoms with Crippen molar-refractivity contribution < 1.29 is 13.2 Å². The normalized spacial score (nSPS) is 15.6. The summed E-state index contributed by atoms with van der Waals surface area (Å²) in [5.41, 5.74) is 0.754. The first-order chi connectivity index (χ1) is 13.9. The molecule has 29 heavy (non-hydrogen) atoms. The van der Waals surface area contributed by atoms with Crippen LogP contribution < -0.4 is 5.32 Å². The van der Waals surface area contributed by atoms with Gasteiger partial charge in [-0.15, -0.1) is 10.2 Å². The molecular formula is C20H28N4O3S2. The second-order valence-electron chi connectivity index (χ2n) is 7.29. The molecule has 0 unspecified atom stereocenters. The number of piperidine rings is 1. The van der Waals surface area contributed by atoms with E-state index in [2.05, 4.69) is 29.4 Å². The Morgan fingerprint density at radius 3 is 2.38 bits per heavy atom. The van der Waals surface area contributed by atoms with Gasteiger partial charge in [-0.1, -0.05) is 43.7 Å². The van der Waals surface area contributed by atoms with Crippen LogP contribution in [0.2, 0.25) is 0 Å². The predicted octanol–water partition coefficient (Wildman–Crippen LogP) is 3.80. The number of nitrogens with zero attached hydrogens (tertiary/aromatic N) is 3. The van der Waals surface area contributed by atoms with E-state index >= 15 is 0 Å². The molecule has 1 N–H and O–H groups in total. The minimum Gasteiger partial charge on any atom is -0.300 e. The Labute approximate surface area is 176 Å². The summed E-state index contributed by atoms with van der Waals surface area (Å²) in [5.74, 6) is 0.177. The summed E-state index contributed by atoms with van der Waals surface area (Å²) in [6, 6.07) is 6.57. The Morgan fingerprint density at radius 2 is 1.76 bits per heavy atom. The van der Waals surface area contributed by atoms with Crippen molar-refractivity contribution in [2.45, 2.75) is 63.2 Å². The lowest BCUT2D eigenvalue weighted by molar-refractivity contribution is -0.115. The van der Waals surface area contributed by atoms with E-state index in [-0.39, 0.29) is 17.2 Å². The van der Waals surface area contributed by atoms with Crippen molar-refractivity contribution in [2.24, 2.45) is 0 Å². The molecule has 1 aliphatic heterocycles. The summed E-state index contributed by atoms with van der Waals surface area (Å²) in [6.45, 7) is 5.38. The van der Waals surface area contributed by atoms with E-state index in [1.165, 1.54) is 11.3 Å². The molecule has 0 saturated carbocycles. The molecule has 158 valence electrons. The molecule has 7 nitrogen and oxygen atoms in total. The van der Waals surface area contributed by atoms with Crippen molar-refractivity contribution in [3.05, 3.63) is 34.8 Å². The first-order valence-corrected chi connectivity index (χ1v) is 12.4. The zero-order valence-corrected chi connectivity index (χ0v) is 18.6. The summed E-state index contributed by atoms with van der Waals surface area (Å²) >= 11 is 1.41. The number of rotatable bonds is 8. The van der Waals surface area contributed by atoms with Crippen LogP contribution >= 0.6 is 11.3 Å². The molecule has 9 heteroatoms. The van der Waals surface area contributed by atoms with Crippen LogP contribution in [0.25, 0.3) is 0 Å². The van der Waals surface area contributed by atoms with Crippen LogP contribution in [0.15, 0.2) is 29.2 Å². The molecule has 0 radical (unpaired) electrons. The Kier molecular flexibility index (Phi) is 7.37. The van der Waals surface area contributed by atoms with Gasteiger partial charge >= 0.3 is 0 Å². The van der Waals surface area contributed by atoms with Crippen molar-refractivity contribution in [3.8, 4) is 0 Å². The summed E-state index contributed by atoms with van der Waals surface area (Å²) < 4.78 is 26.9. The number of carbonyl (C=O) groups is 1. The molecule has 1 aromatic heterocycles. The average molecular weight is 437 g/mol. The highest BCUT2D eigenvalue weighted by atomic mass is 32.2. The third-order valence-electron chi connectivity index (χ3n) is 5.26. The molecule has 3 rings (SSSR count). The second-order valence-corrected chi connectivity index (χ2v) is 10.2. The summed E-state index contributed by atoms with van der Waals surface area (Å²) in [5, 5.41) is 12.5. The number of hydrogen-bond acceptors (Lipinski definition) is 6. The fraction of sp³-hybridized carbons (Fsp3) is 0.550. The summed E-state index contributed by atoms with van der Waals surface area (Å²) in [4.78, 5) is 12.6. The van der Waals surface area contributed by atoms with Gasteiger partial charge in [-0.05, 0) is 43.4 Å². The van der Waals surface area contributed by atoms with E-state index in [1.54, 1.807) is 28.6 Å². The van der Waals surface area contributed by atoms with Gasteiger partial charge in [0.2, 0.25) is 21.1 Å². The van der Waals surface area contributed by atoms with Gasteiger partial charge in [0, 0.05) is 19.0 Å². The largest absolute Gasteiger partial charge is 0.300 e. The van der Waals surface area contributed by atoms with Gasteiger partial charge in [-0.25, -0.2) is 8.42 Å². The number of hydrogen-bond donors (Lipinski definition) is 1. The number of benzene rings is 1. The Bertz CT molecular complexity index is 915. The molecule has 1 aliphatic rings. The van der Waals surface area contributed by atoms with Crippen LogP contribution in [0.5, 0.6) is 0 Å². The van der Waals surface area contributed by atoms with Gasteiger partial charge < -0.3 is 5.32 Å². The number of nitrogens with one attached hydrogen (secondary N) is 1. The maximum atomic E-state index is 12.7. The van der Waals surface area contributed by atoms with E-state index in [9.17, 15) is 13.2 Å². The van der Waals surface area contributed by atoms with Crippen molar-refractivity contribution >= 4 is 32.4 Å². The number of amides is 1. The van der Waals surface area contributed by atoms with Gasteiger partial charge in [0.25, 0.3) is 0 Å². The molecule has 1 saturated heterocycles. The van der Waals surface area contributed by atoms with Crippen LogP contribution in [0, 0.1) is 0 Å². The first kappa shape index (κ1) is 21.9. The molecule has 1 amide bonds. The highest BCUT2D eigenvalue weighted by Crippen LogP contribution is 2.28. The zero-order chi connectivity index (χ0) is 20.9. The molecule has 1 fully saturated rings. The number of aromatic nitrogens is 2. The molecule has 1 aromatic carbocycles. The Morgan fingerprint density at radius 1 is 1.10 bits per heavy atom. The smallest absolute Gasteiger partial charge is 0.243 e. The predicted molar refractivity (Wildman–Crippen MR) is 115 cm³/mol. The minimum atomic E-state index is -3.45. The average Bonchev–Trinajstić information content (AvgIpc) is 3.18. The van der Waals surface area contributed by atoms with Crippen LogP contribution in [0.4, 0.5) is 5.13 Å². The lowest BCUT2D eigenvalue weighted by atomic mass is 10.1. The third kappa shape index (κ3) is 5.40. The lowest BCUT2D eigenvalue weighted by Crippen LogP contribution is -2.35. The fourth-order valence-electron chi connectivity index (χ4n) is 3.47. The molecule has 2 aromatic rings. The summed E-state index contributed by atoms with van der Waals surface area (Å²) in [7, 11) is -3.45. The quantitative estimate of drug-likeness (QED) is 0.679. The molecule has 0 aliphatic carbocycles. The van der Waals surface area contributed by atoms with Crippen molar-refractivity contribution in [1.29, 1.82) is 0 Å². The highest BCUT2D eigenvalue weighted by Gasteiger charge is 2.25. The van der Waals surface area contributed by atoms with Crippen molar-refractivity contribution in [1.82, 2.24) is 14.5 Å². The molecular weight excluding hydrogens is 408 g/mol. The lowest BCUT2D eigenvalue weighted by Gasteiger charge is -2.25. The maximum Gasteiger partial charge on any atom is 0.243 e. The fourth-order valence-corrected chi connectivity index (χ4v) is 6.01. The van der Waals surface area contributed by atoms with Gasteiger partial charge in [-0.2, -0.15) is 4.31 Å². The molecule has 0 spiro atoms. The van der Waals surface area contributed by atoms with Gasteiger partial charge in [0.1, 0.15) is 5.01 Å². The van der Waals surface area contributed by atoms with Crippen molar-refractivity contribution in [3.63, 3.8) is 0 Å².